The van der Waals surface area contributed by atoms with E-state index in [0.29, 0.717) is 5.92 Å². The number of rotatable bonds is 6. The van der Waals surface area contributed by atoms with Gasteiger partial charge >= 0.3 is 0 Å². The van der Waals surface area contributed by atoms with Crippen LogP contribution in [0.25, 0.3) is 0 Å². The van der Waals surface area contributed by atoms with Crippen LogP contribution in [0.3, 0.4) is 0 Å². The summed E-state index contributed by atoms with van der Waals surface area (Å²) >= 11 is 1.68. The first kappa shape index (κ1) is 18.8. The lowest BCUT2D eigenvalue weighted by Gasteiger charge is -2.39. The third kappa shape index (κ3) is 4.22. The number of aromatic nitrogens is 1. The molecule has 2 aromatic rings. The van der Waals surface area contributed by atoms with Gasteiger partial charge in [0.2, 0.25) is 0 Å². The van der Waals surface area contributed by atoms with Crippen LogP contribution in [0.1, 0.15) is 61.1 Å². The second-order valence-corrected chi connectivity index (χ2v) is 14.5. The van der Waals surface area contributed by atoms with Crippen molar-refractivity contribution in [1.29, 1.82) is 0 Å². The highest BCUT2D eigenvalue weighted by Gasteiger charge is 2.44. The predicted molar refractivity (Wildman–Crippen MR) is 106 cm³/mol. The van der Waals surface area contributed by atoms with E-state index in [2.05, 4.69) is 44.9 Å². The minimum absolute atomic E-state index is 0.181. The van der Waals surface area contributed by atoms with E-state index in [4.69, 9.17) is 4.43 Å². The summed E-state index contributed by atoms with van der Waals surface area (Å²) in [4.78, 5) is 6.33. The molecule has 3 nitrogen and oxygen atoms in total. The molecule has 0 amide bonds. The molecule has 0 aliphatic heterocycles. The molecule has 0 saturated heterocycles. The molecule has 0 bridgehead atoms. The van der Waals surface area contributed by atoms with Gasteiger partial charge in [-0.2, -0.15) is 0 Å². The van der Waals surface area contributed by atoms with Crippen LogP contribution < -0.4 is 0 Å². The van der Waals surface area contributed by atoms with E-state index in [1.807, 2.05) is 18.2 Å². The van der Waals surface area contributed by atoms with Crippen molar-refractivity contribution < 1.29 is 9.53 Å². The van der Waals surface area contributed by atoms with Crippen LogP contribution in [-0.2, 0) is 4.43 Å². The molecule has 0 radical (unpaired) electrons. The molecule has 136 valence electrons. The highest BCUT2D eigenvalue weighted by Crippen LogP contribution is 2.50. The average Bonchev–Trinajstić information content (AvgIpc) is 3.28. The summed E-state index contributed by atoms with van der Waals surface area (Å²) in [5, 5.41) is 10.8. The van der Waals surface area contributed by atoms with Crippen LogP contribution in [0.4, 0.5) is 0 Å². The molecular formula is C20H29NO2SSi. The molecule has 0 aromatic carbocycles. The molecule has 2 heterocycles. The zero-order valence-corrected chi connectivity index (χ0v) is 17.6. The van der Waals surface area contributed by atoms with Gasteiger partial charge in [-0.3, -0.25) is 4.98 Å². The number of pyridine rings is 1. The van der Waals surface area contributed by atoms with Crippen molar-refractivity contribution in [3.05, 3.63) is 52.0 Å². The van der Waals surface area contributed by atoms with Gasteiger partial charge in [-0.15, -0.1) is 11.3 Å². The number of thiophene rings is 1. The number of nitrogens with zero attached hydrogens (tertiary/aromatic N) is 1. The summed E-state index contributed by atoms with van der Waals surface area (Å²) in [5.41, 5.74) is 0.837. The van der Waals surface area contributed by atoms with Gasteiger partial charge in [-0.1, -0.05) is 26.8 Å². The lowest BCUT2D eigenvalue weighted by molar-refractivity contribution is 0.164. The molecule has 2 atom stereocenters. The fourth-order valence-electron chi connectivity index (χ4n) is 2.65. The minimum Gasteiger partial charge on any atom is -0.409 e. The largest absolute Gasteiger partial charge is 0.409 e. The molecule has 0 spiro atoms. The minimum atomic E-state index is -1.82. The Balaban J connectivity index is 1.81. The van der Waals surface area contributed by atoms with Crippen LogP contribution in [-0.4, -0.2) is 18.4 Å². The SMILES string of the molecule is CC(C)(C)[Si](C)(C)OC(c1ccc(C(O)c2cccnc2)s1)C1CC1. The first-order valence-corrected chi connectivity index (χ1v) is 12.8. The number of aliphatic hydroxyl groups is 1. The molecule has 2 aromatic heterocycles. The van der Waals surface area contributed by atoms with E-state index in [1.54, 1.807) is 23.7 Å². The van der Waals surface area contributed by atoms with Crippen LogP contribution in [0.2, 0.25) is 18.1 Å². The summed E-state index contributed by atoms with van der Waals surface area (Å²) in [6, 6.07) is 7.97. The van der Waals surface area contributed by atoms with Crippen molar-refractivity contribution in [2.24, 2.45) is 5.92 Å². The van der Waals surface area contributed by atoms with Crippen LogP contribution in [0.5, 0.6) is 0 Å². The summed E-state index contributed by atoms with van der Waals surface area (Å²) in [7, 11) is -1.82. The van der Waals surface area contributed by atoms with Crippen molar-refractivity contribution in [1.82, 2.24) is 4.98 Å². The first-order valence-electron chi connectivity index (χ1n) is 9.04. The summed E-state index contributed by atoms with van der Waals surface area (Å²) in [5.74, 6) is 0.635. The lowest BCUT2D eigenvalue weighted by atomic mass is 10.1. The molecule has 25 heavy (non-hydrogen) atoms. The summed E-state index contributed by atoms with van der Waals surface area (Å²) in [6.07, 6.45) is 5.52. The van der Waals surface area contributed by atoms with Crippen LogP contribution in [0.15, 0.2) is 36.7 Å². The van der Waals surface area contributed by atoms with Gasteiger partial charge in [0.1, 0.15) is 6.10 Å². The first-order chi connectivity index (χ1) is 11.7. The van der Waals surface area contributed by atoms with Gasteiger partial charge in [0.15, 0.2) is 8.32 Å². The maximum Gasteiger partial charge on any atom is 0.192 e. The molecule has 1 N–H and O–H groups in total. The Kier molecular flexibility index (Phi) is 5.22. The monoisotopic (exact) mass is 375 g/mol. The van der Waals surface area contributed by atoms with Crippen molar-refractivity contribution in [3.8, 4) is 0 Å². The highest BCUT2D eigenvalue weighted by molar-refractivity contribution is 7.12. The van der Waals surface area contributed by atoms with Crippen molar-refractivity contribution in [2.45, 2.75) is 64.0 Å². The average molecular weight is 376 g/mol. The quantitative estimate of drug-likeness (QED) is 0.659. The van der Waals surface area contributed by atoms with E-state index in [9.17, 15) is 5.11 Å². The fraction of sp³-hybridized carbons (Fsp3) is 0.550. The number of hydrogen-bond acceptors (Lipinski definition) is 4. The number of aliphatic hydroxyl groups excluding tert-OH is 1. The predicted octanol–water partition coefficient (Wildman–Crippen LogP) is 5.70. The molecular weight excluding hydrogens is 346 g/mol. The van der Waals surface area contributed by atoms with Gasteiger partial charge in [-0.25, -0.2) is 0 Å². The summed E-state index contributed by atoms with van der Waals surface area (Å²) in [6.45, 7) is 11.5. The Hall–Kier alpha value is -1.01. The molecule has 3 rings (SSSR count). The topological polar surface area (TPSA) is 42.4 Å². The van der Waals surface area contributed by atoms with Gasteiger partial charge in [0.05, 0.1) is 6.10 Å². The fourth-order valence-corrected chi connectivity index (χ4v) is 5.19. The van der Waals surface area contributed by atoms with Gasteiger partial charge < -0.3 is 9.53 Å². The Morgan fingerprint density at radius 2 is 1.88 bits per heavy atom. The van der Waals surface area contributed by atoms with Crippen LogP contribution in [0, 0.1) is 5.92 Å². The second-order valence-electron chi connectivity index (χ2n) is 8.57. The van der Waals surface area contributed by atoms with Crippen molar-refractivity contribution in [2.75, 3.05) is 0 Å². The Morgan fingerprint density at radius 1 is 1.20 bits per heavy atom. The number of hydrogen-bond donors (Lipinski definition) is 1. The van der Waals surface area contributed by atoms with Crippen molar-refractivity contribution >= 4 is 19.7 Å². The van der Waals surface area contributed by atoms with E-state index >= 15 is 0 Å². The van der Waals surface area contributed by atoms with Gasteiger partial charge in [0, 0.05) is 27.7 Å². The molecule has 5 heteroatoms. The zero-order valence-electron chi connectivity index (χ0n) is 15.8. The molecule has 1 aliphatic carbocycles. The zero-order chi connectivity index (χ0) is 18.2. The smallest absolute Gasteiger partial charge is 0.192 e. The summed E-state index contributed by atoms with van der Waals surface area (Å²) < 4.78 is 6.77. The maximum absolute atomic E-state index is 10.6. The Bertz CT molecular complexity index is 704. The van der Waals surface area contributed by atoms with E-state index in [0.717, 1.165) is 10.4 Å². The standard InChI is InChI=1S/C20H29NO2SSi/c1-20(2,3)25(4,5)23-19(14-8-9-14)17-11-10-16(24-17)18(22)15-7-6-12-21-13-15/h6-7,10-14,18-19,22H,8-9H2,1-5H3. The van der Waals surface area contributed by atoms with E-state index in [1.165, 1.54) is 17.7 Å². The molecule has 1 saturated carbocycles. The normalized spacial score (nSPS) is 18.2. The van der Waals surface area contributed by atoms with Gasteiger partial charge in [0.25, 0.3) is 0 Å². The second kappa shape index (κ2) is 6.95. The molecule has 2 unspecified atom stereocenters. The lowest BCUT2D eigenvalue weighted by Crippen LogP contribution is -2.42. The third-order valence-corrected chi connectivity index (χ3v) is 11.1. The van der Waals surface area contributed by atoms with Gasteiger partial charge in [-0.05, 0) is 55.1 Å². The highest BCUT2D eigenvalue weighted by atomic mass is 32.1. The van der Waals surface area contributed by atoms with Crippen LogP contribution >= 0.6 is 11.3 Å². The maximum atomic E-state index is 10.6. The van der Waals surface area contributed by atoms with E-state index < -0.39 is 14.4 Å². The Labute approximate surface area is 156 Å². The Morgan fingerprint density at radius 3 is 2.44 bits per heavy atom. The van der Waals surface area contributed by atoms with Crippen molar-refractivity contribution in [3.63, 3.8) is 0 Å². The third-order valence-electron chi connectivity index (χ3n) is 5.48. The molecule has 1 fully saturated rings. The molecule has 1 aliphatic rings. The van der Waals surface area contributed by atoms with E-state index in [-0.39, 0.29) is 11.1 Å².